The monoisotopic (exact) mass is 151 g/mol. The van der Waals surface area contributed by atoms with Gasteiger partial charge in [-0.3, -0.25) is 4.99 Å². The Balaban J connectivity index is 2.36. The average Bonchev–Trinajstić information content (AvgIpc) is 2.14. The fourth-order valence-corrected chi connectivity index (χ4v) is 2.99. The zero-order valence-corrected chi connectivity index (χ0v) is 6.84. The van der Waals surface area contributed by atoms with Crippen LogP contribution in [0.4, 0.5) is 0 Å². The molecule has 0 aromatic carbocycles. The fourth-order valence-electron chi connectivity index (χ4n) is 0.460. The molecule has 0 atom stereocenters. The molecule has 40 valence electrons. The molecule has 0 aliphatic carbocycles. The van der Waals surface area contributed by atoms with E-state index in [1.54, 1.807) is 0 Å². The number of hydrogen-bond acceptors (Lipinski definition) is 2. The van der Waals surface area contributed by atoms with Crippen LogP contribution in [0.3, 0.4) is 0 Å². The van der Waals surface area contributed by atoms with Gasteiger partial charge in [0.25, 0.3) is 0 Å². The van der Waals surface area contributed by atoms with E-state index < -0.39 is 8.83 Å². The van der Waals surface area contributed by atoms with Gasteiger partial charge in [-0.1, -0.05) is 0 Å². The SMILES string of the molecule is Cl[SiH2]C1=NCCS1. The van der Waals surface area contributed by atoms with Crippen molar-refractivity contribution < 1.29 is 0 Å². The summed E-state index contributed by atoms with van der Waals surface area (Å²) in [7, 11) is -0.424. The Kier molecular flexibility index (Phi) is 2.22. The zero-order chi connectivity index (χ0) is 5.11. The maximum Gasteiger partial charge on any atom is 0.186 e. The predicted octanol–water partition coefficient (Wildman–Crippen LogP) is 0.412. The molecule has 1 heterocycles. The quantitative estimate of drug-likeness (QED) is 0.391. The standard InChI is InChI=1S/C3H6ClNSSi/c4-7-3-5-1-2-6-3/h1-2,7H2. The molecular formula is C3H6ClNSSi. The average molecular weight is 152 g/mol. The summed E-state index contributed by atoms with van der Waals surface area (Å²) < 4.78 is 1.24. The van der Waals surface area contributed by atoms with Crippen LogP contribution in [0.5, 0.6) is 0 Å². The van der Waals surface area contributed by atoms with E-state index in [9.17, 15) is 0 Å². The predicted molar refractivity (Wildman–Crippen MR) is 39.2 cm³/mol. The molecule has 0 saturated carbocycles. The van der Waals surface area contributed by atoms with Crippen LogP contribution in [-0.4, -0.2) is 25.8 Å². The Labute approximate surface area is 54.1 Å². The van der Waals surface area contributed by atoms with E-state index in [2.05, 4.69) is 4.99 Å². The summed E-state index contributed by atoms with van der Waals surface area (Å²) in [5, 5.41) is 0. The summed E-state index contributed by atoms with van der Waals surface area (Å²) >= 11 is 7.42. The number of halogens is 1. The van der Waals surface area contributed by atoms with Crippen molar-refractivity contribution in [3.63, 3.8) is 0 Å². The molecule has 0 N–H and O–H groups in total. The van der Waals surface area contributed by atoms with Crippen molar-refractivity contribution in [2.75, 3.05) is 12.3 Å². The summed E-state index contributed by atoms with van der Waals surface area (Å²) in [5.41, 5.74) is 0. The third kappa shape index (κ3) is 1.47. The highest BCUT2D eigenvalue weighted by Crippen LogP contribution is 2.10. The second-order valence-electron chi connectivity index (χ2n) is 1.26. The van der Waals surface area contributed by atoms with Crippen LogP contribution in [0, 0.1) is 0 Å². The Hall–Kier alpha value is 0.527. The van der Waals surface area contributed by atoms with E-state index in [0.29, 0.717) is 0 Å². The molecule has 1 nitrogen and oxygen atoms in total. The van der Waals surface area contributed by atoms with Crippen LogP contribution in [0.1, 0.15) is 0 Å². The van der Waals surface area contributed by atoms with Gasteiger partial charge in [0.15, 0.2) is 8.83 Å². The normalized spacial score (nSPS) is 21.6. The van der Waals surface area contributed by atoms with Crippen molar-refractivity contribution in [3.8, 4) is 0 Å². The molecule has 4 heteroatoms. The lowest BCUT2D eigenvalue weighted by Crippen LogP contribution is -1.91. The first-order valence-electron chi connectivity index (χ1n) is 2.15. The Morgan fingerprint density at radius 1 is 1.86 bits per heavy atom. The Morgan fingerprint density at radius 2 is 2.71 bits per heavy atom. The van der Waals surface area contributed by atoms with Crippen molar-refractivity contribution >= 4 is 36.3 Å². The summed E-state index contributed by atoms with van der Waals surface area (Å²) in [6.07, 6.45) is 0. The number of aliphatic imine (C=N–C) groups is 1. The molecule has 0 radical (unpaired) electrons. The lowest BCUT2D eigenvalue weighted by atomic mass is 10.8. The summed E-state index contributed by atoms with van der Waals surface area (Å²) in [5.74, 6) is 1.16. The van der Waals surface area contributed by atoms with Crippen LogP contribution < -0.4 is 0 Å². The molecule has 0 fully saturated rings. The minimum absolute atomic E-state index is 0.424. The van der Waals surface area contributed by atoms with Crippen LogP contribution in [-0.2, 0) is 0 Å². The van der Waals surface area contributed by atoms with E-state index in [1.165, 1.54) is 4.67 Å². The first kappa shape index (κ1) is 5.66. The van der Waals surface area contributed by atoms with E-state index >= 15 is 0 Å². The summed E-state index contributed by atoms with van der Waals surface area (Å²) in [6, 6.07) is 0. The first-order chi connectivity index (χ1) is 3.43. The highest BCUT2D eigenvalue weighted by Gasteiger charge is 2.03. The molecule has 0 aromatic heterocycles. The highest BCUT2D eigenvalue weighted by atomic mass is 35.6. The minimum Gasteiger partial charge on any atom is -0.286 e. The van der Waals surface area contributed by atoms with E-state index in [4.69, 9.17) is 11.1 Å². The maximum absolute atomic E-state index is 5.60. The van der Waals surface area contributed by atoms with E-state index in [-0.39, 0.29) is 0 Å². The number of thioether (sulfide) groups is 1. The lowest BCUT2D eigenvalue weighted by Gasteiger charge is -1.83. The molecule has 0 spiro atoms. The maximum atomic E-state index is 5.60. The Bertz CT molecular complexity index is 94.9. The van der Waals surface area contributed by atoms with Crippen LogP contribution >= 0.6 is 22.8 Å². The van der Waals surface area contributed by atoms with Crippen molar-refractivity contribution in [3.05, 3.63) is 0 Å². The van der Waals surface area contributed by atoms with Crippen LogP contribution in [0.15, 0.2) is 4.99 Å². The Morgan fingerprint density at radius 3 is 3.00 bits per heavy atom. The first-order valence-corrected chi connectivity index (χ1v) is 5.98. The molecule has 0 saturated heterocycles. The summed E-state index contributed by atoms with van der Waals surface area (Å²) in [6.45, 7) is 1.000. The number of hydrogen-bond donors (Lipinski definition) is 0. The second-order valence-corrected chi connectivity index (χ2v) is 4.68. The van der Waals surface area contributed by atoms with Gasteiger partial charge in [-0.05, 0) is 0 Å². The van der Waals surface area contributed by atoms with Crippen molar-refractivity contribution in [1.82, 2.24) is 0 Å². The minimum atomic E-state index is -0.424. The van der Waals surface area contributed by atoms with Gasteiger partial charge in [0, 0.05) is 12.3 Å². The van der Waals surface area contributed by atoms with Crippen molar-refractivity contribution in [2.45, 2.75) is 0 Å². The van der Waals surface area contributed by atoms with Crippen LogP contribution in [0.2, 0.25) is 0 Å². The molecule has 0 bridgehead atoms. The lowest BCUT2D eigenvalue weighted by molar-refractivity contribution is 1.18. The number of rotatable bonds is 1. The molecule has 0 unspecified atom stereocenters. The zero-order valence-electron chi connectivity index (χ0n) is 3.85. The van der Waals surface area contributed by atoms with Gasteiger partial charge in [0.2, 0.25) is 0 Å². The smallest absolute Gasteiger partial charge is 0.186 e. The molecule has 1 rings (SSSR count). The van der Waals surface area contributed by atoms with Gasteiger partial charge in [-0.25, -0.2) is 0 Å². The molecule has 0 aromatic rings. The topological polar surface area (TPSA) is 12.4 Å². The second kappa shape index (κ2) is 2.74. The molecular weight excluding hydrogens is 146 g/mol. The van der Waals surface area contributed by atoms with E-state index in [0.717, 1.165) is 12.3 Å². The van der Waals surface area contributed by atoms with Gasteiger partial charge in [-0.15, -0.1) is 11.8 Å². The van der Waals surface area contributed by atoms with Crippen molar-refractivity contribution in [2.24, 2.45) is 4.99 Å². The number of nitrogens with zero attached hydrogens (tertiary/aromatic N) is 1. The molecule has 0 amide bonds. The van der Waals surface area contributed by atoms with Gasteiger partial charge in [0.05, 0.1) is 4.67 Å². The molecule has 1 aliphatic rings. The fraction of sp³-hybridized carbons (Fsp3) is 0.667. The van der Waals surface area contributed by atoms with Gasteiger partial charge in [0.1, 0.15) is 0 Å². The van der Waals surface area contributed by atoms with Gasteiger partial charge in [-0.2, -0.15) is 11.1 Å². The third-order valence-corrected chi connectivity index (χ3v) is 4.34. The third-order valence-electron chi connectivity index (χ3n) is 0.762. The summed E-state index contributed by atoms with van der Waals surface area (Å²) in [4.78, 5) is 4.16. The molecule has 7 heavy (non-hydrogen) atoms. The van der Waals surface area contributed by atoms with Gasteiger partial charge >= 0.3 is 0 Å². The van der Waals surface area contributed by atoms with Crippen molar-refractivity contribution in [1.29, 1.82) is 0 Å². The van der Waals surface area contributed by atoms with Crippen LogP contribution in [0.25, 0.3) is 0 Å². The van der Waals surface area contributed by atoms with E-state index in [1.807, 2.05) is 11.8 Å². The molecule has 1 aliphatic heterocycles. The highest BCUT2D eigenvalue weighted by molar-refractivity contribution is 8.18. The largest absolute Gasteiger partial charge is 0.286 e. The van der Waals surface area contributed by atoms with Gasteiger partial charge < -0.3 is 0 Å².